The molecule has 1 amide bonds. The Bertz CT molecular complexity index is 444. The number of amides is 1. The molecule has 0 aliphatic heterocycles. The molecule has 112 valence electrons. The van der Waals surface area contributed by atoms with Crippen LogP contribution in [0.2, 0.25) is 0 Å². The fraction of sp³-hybridized carbons (Fsp3) is 0.562. The second-order valence-corrected chi connectivity index (χ2v) is 5.46. The molecule has 0 saturated heterocycles. The fourth-order valence-electron chi connectivity index (χ4n) is 2.45. The summed E-state index contributed by atoms with van der Waals surface area (Å²) in [6, 6.07) is 8.34. The number of carbonyl (C=O) groups is 1. The molecule has 4 heteroatoms. The van der Waals surface area contributed by atoms with E-state index in [4.69, 9.17) is 0 Å². The molecule has 2 rings (SSSR count). The summed E-state index contributed by atoms with van der Waals surface area (Å²) in [5, 5.41) is 6.36. The van der Waals surface area contributed by atoms with E-state index in [0.29, 0.717) is 6.54 Å². The van der Waals surface area contributed by atoms with Crippen molar-refractivity contribution in [2.45, 2.75) is 38.5 Å². The van der Waals surface area contributed by atoms with Gasteiger partial charge in [0.15, 0.2) is 0 Å². The van der Waals surface area contributed by atoms with Crippen LogP contribution in [0.4, 0.5) is 0 Å². The number of nitrogens with one attached hydrogen (secondary N) is 2. The molecule has 1 aliphatic carbocycles. The van der Waals surface area contributed by atoms with E-state index in [2.05, 4.69) is 42.7 Å². The first-order valence-corrected chi connectivity index (χ1v) is 7.25. The van der Waals surface area contributed by atoms with Crippen LogP contribution in [-0.2, 0) is 10.2 Å². The van der Waals surface area contributed by atoms with E-state index in [-0.39, 0.29) is 23.7 Å². The van der Waals surface area contributed by atoms with Gasteiger partial charge in [-0.2, -0.15) is 0 Å². The lowest BCUT2D eigenvalue weighted by Crippen LogP contribution is -2.38. The molecule has 1 aromatic carbocycles. The molecule has 0 radical (unpaired) electrons. The van der Waals surface area contributed by atoms with E-state index in [0.717, 1.165) is 32.4 Å². The maximum atomic E-state index is 12.3. The van der Waals surface area contributed by atoms with E-state index < -0.39 is 0 Å². The lowest BCUT2D eigenvalue weighted by molar-refractivity contribution is -0.123. The normalized spacial score (nSPS) is 15.3. The molecule has 1 saturated carbocycles. The van der Waals surface area contributed by atoms with Gasteiger partial charge in [-0.25, -0.2) is 0 Å². The molecule has 0 bridgehead atoms. The van der Waals surface area contributed by atoms with Crippen molar-refractivity contribution < 1.29 is 4.79 Å². The third-order valence-corrected chi connectivity index (χ3v) is 3.77. The highest BCUT2D eigenvalue weighted by atomic mass is 35.5. The van der Waals surface area contributed by atoms with Crippen molar-refractivity contribution in [3.05, 3.63) is 35.4 Å². The van der Waals surface area contributed by atoms with Gasteiger partial charge in [0.05, 0.1) is 5.41 Å². The fourth-order valence-corrected chi connectivity index (χ4v) is 2.45. The molecule has 1 aliphatic rings. The summed E-state index contributed by atoms with van der Waals surface area (Å²) in [4.78, 5) is 12.3. The average Bonchev–Trinajstić information content (AvgIpc) is 3.20. The molecule has 0 spiro atoms. The number of rotatable bonds is 7. The SMILES string of the molecule is CCCNCCNC(=O)C1(c2cccc(C)c2)CC1.Cl. The first kappa shape index (κ1) is 17.0. The van der Waals surface area contributed by atoms with Gasteiger partial charge in [0.2, 0.25) is 5.91 Å². The van der Waals surface area contributed by atoms with Crippen molar-refractivity contribution in [1.82, 2.24) is 10.6 Å². The zero-order valence-electron chi connectivity index (χ0n) is 12.4. The first-order valence-electron chi connectivity index (χ1n) is 7.25. The Morgan fingerprint density at radius 1 is 1.25 bits per heavy atom. The topological polar surface area (TPSA) is 41.1 Å². The molecular weight excluding hydrogens is 272 g/mol. The first-order chi connectivity index (χ1) is 9.19. The van der Waals surface area contributed by atoms with E-state index in [1.165, 1.54) is 11.1 Å². The van der Waals surface area contributed by atoms with Crippen LogP contribution in [0.15, 0.2) is 24.3 Å². The number of carbonyl (C=O) groups excluding carboxylic acids is 1. The Kier molecular flexibility index (Phi) is 6.50. The van der Waals surface area contributed by atoms with Gasteiger partial charge in [0, 0.05) is 13.1 Å². The van der Waals surface area contributed by atoms with Crippen LogP contribution in [0, 0.1) is 6.92 Å². The highest BCUT2D eigenvalue weighted by Gasteiger charge is 2.50. The molecule has 20 heavy (non-hydrogen) atoms. The third-order valence-electron chi connectivity index (χ3n) is 3.77. The van der Waals surface area contributed by atoms with Gasteiger partial charge >= 0.3 is 0 Å². The van der Waals surface area contributed by atoms with Gasteiger partial charge in [-0.15, -0.1) is 12.4 Å². The van der Waals surface area contributed by atoms with Crippen LogP contribution >= 0.6 is 12.4 Å². The molecule has 2 N–H and O–H groups in total. The molecular formula is C16H25ClN2O. The Balaban J connectivity index is 0.00000200. The second kappa shape index (κ2) is 7.65. The molecule has 1 fully saturated rings. The van der Waals surface area contributed by atoms with Crippen LogP contribution in [0.25, 0.3) is 0 Å². The number of halogens is 1. The Labute approximate surface area is 127 Å². The summed E-state index contributed by atoms with van der Waals surface area (Å²) < 4.78 is 0. The maximum absolute atomic E-state index is 12.3. The minimum Gasteiger partial charge on any atom is -0.354 e. The Morgan fingerprint density at radius 2 is 2.00 bits per heavy atom. The smallest absolute Gasteiger partial charge is 0.230 e. The molecule has 0 aromatic heterocycles. The van der Waals surface area contributed by atoms with Crippen molar-refractivity contribution >= 4 is 18.3 Å². The van der Waals surface area contributed by atoms with Crippen molar-refractivity contribution in [2.24, 2.45) is 0 Å². The monoisotopic (exact) mass is 296 g/mol. The number of aryl methyl sites for hydroxylation is 1. The number of hydrogen-bond donors (Lipinski definition) is 2. The van der Waals surface area contributed by atoms with Gasteiger partial charge in [-0.3, -0.25) is 4.79 Å². The van der Waals surface area contributed by atoms with Gasteiger partial charge in [0.25, 0.3) is 0 Å². The zero-order valence-corrected chi connectivity index (χ0v) is 13.2. The van der Waals surface area contributed by atoms with E-state index in [1.807, 2.05) is 6.07 Å². The molecule has 0 atom stereocenters. The van der Waals surface area contributed by atoms with Crippen molar-refractivity contribution in [1.29, 1.82) is 0 Å². The van der Waals surface area contributed by atoms with Crippen molar-refractivity contribution in [3.63, 3.8) is 0 Å². The predicted molar refractivity (Wildman–Crippen MR) is 85.5 cm³/mol. The summed E-state index contributed by atoms with van der Waals surface area (Å²) in [5.41, 5.74) is 2.16. The number of hydrogen-bond acceptors (Lipinski definition) is 2. The Morgan fingerprint density at radius 3 is 2.60 bits per heavy atom. The highest BCUT2D eigenvalue weighted by Crippen LogP contribution is 2.48. The average molecular weight is 297 g/mol. The summed E-state index contributed by atoms with van der Waals surface area (Å²) in [7, 11) is 0. The molecule has 0 unspecified atom stereocenters. The minimum atomic E-state index is -0.239. The van der Waals surface area contributed by atoms with Gasteiger partial charge < -0.3 is 10.6 Å². The summed E-state index contributed by atoms with van der Waals surface area (Å²) in [6.07, 6.45) is 3.08. The maximum Gasteiger partial charge on any atom is 0.230 e. The Hall–Kier alpha value is -1.06. The zero-order chi connectivity index (χ0) is 13.7. The van der Waals surface area contributed by atoms with Crippen LogP contribution < -0.4 is 10.6 Å². The van der Waals surface area contributed by atoms with Gasteiger partial charge in [-0.1, -0.05) is 36.8 Å². The van der Waals surface area contributed by atoms with Crippen LogP contribution in [0.1, 0.15) is 37.3 Å². The van der Waals surface area contributed by atoms with E-state index in [1.54, 1.807) is 0 Å². The standard InChI is InChI=1S/C16H24N2O.ClH/c1-3-9-17-10-11-18-15(19)16(7-8-16)14-6-4-5-13(2)12-14;/h4-6,12,17H,3,7-11H2,1-2H3,(H,18,19);1H. The molecule has 3 nitrogen and oxygen atoms in total. The predicted octanol–water partition coefficient (Wildman–Crippen LogP) is 2.56. The molecule has 1 aromatic rings. The van der Waals surface area contributed by atoms with Gasteiger partial charge in [-0.05, 0) is 38.3 Å². The lowest BCUT2D eigenvalue weighted by Gasteiger charge is -2.16. The van der Waals surface area contributed by atoms with E-state index in [9.17, 15) is 4.79 Å². The van der Waals surface area contributed by atoms with Crippen LogP contribution in [-0.4, -0.2) is 25.5 Å². The van der Waals surface area contributed by atoms with E-state index >= 15 is 0 Å². The largest absolute Gasteiger partial charge is 0.354 e. The van der Waals surface area contributed by atoms with Crippen LogP contribution in [0.3, 0.4) is 0 Å². The minimum absolute atomic E-state index is 0. The summed E-state index contributed by atoms with van der Waals surface area (Å²) >= 11 is 0. The van der Waals surface area contributed by atoms with Gasteiger partial charge in [0.1, 0.15) is 0 Å². The third kappa shape index (κ3) is 3.97. The second-order valence-electron chi connectivity index (χ2n) is 5.46. The van der Waals surface area contributed by atoms with Crippen molar-refractivity contribution in [3.8, 4) is 0 Å². The quantitative estimate of drug-likeness (QED) is 0.759. The molecule has 0 heterocycles. The number of benzene rings is 1. The van der Waals surface area contributed by atoms with Crippen molar-refractivity contribution in [2.75, 3.05) is 19.6 Å². The lowest BCUT2D eigenvalue weighted by atomic mass is 9.93. The highest BCUT2D eigenvalue weighted by molar-refractivity contribution is 5.91. The summed E-state index contributed by atoms with van der Waals surface area (Å²) in [6.45, 7) is 6.80. The summed E-state index contributed by atoms with van der Waals surface area (Å²) in [5.74, 6) is 0.191. The van der Waals surface area contributed by atoms with Crippen LogP contribution in [0.5, 0.6) is 0 Å².